The molecule has 0 fully saturated rings. The molecule has 7 heteroatoms. The Labute approximate surface area is 91.0 Å². The van der Waals surface area contributed by atoms with E-state index in [0.29, 0.717) is 5.76 Å². The maximum absolute atomic E-state index is 11.3. The summed E-state index contributed by atoms with van der Waals surface area (Å²) < 4.78 is 4.70. The summed E-state index contributed by atoms with van der Waals surface area (Å²) in [4.78, 5) is 21.6. The Morgan fingerprint density at radius 2 is 2.31 bits per heavy atom. The highest BCUT2D eigenvalue weighted by Crippen LogP contribution is 2.01. The fourth-order valence-electron chi connectivity index (χ4n) is 1.01. The van der Waals surface area contributed by atoms with Crippen LogP contribution in [0.1, 0.15) is 22.7 Å². The summed E-state index contributed by atoms with van der Waals surface area (Å²) in [6.07, 6.45) is -1.53. The highest BCUT2D eigenvalue weighted by atomic mass is 16.5. The van der Waals surface area contributed by atoms with Crippen LogP contribution in [0.3, 0.4) is 0 Å². The van der Waals surface area contributed by atoms with E-state index >= 15 is 0 Å². The number of hydrogen-bond acceptors (Lipinski definition) is 5. The number of nitrogens with one attached hydrogen (secondary N) is 1. The van der Waals surface area contributed by atoms with E-state index in [0.717, 1.165) is 0 Å². The van der Waals surface area contributed by atoms with Crippen molar-refractivity contribution in [2.75, 3.05) is 6.54 Å². The Morgan fingerprint density at radius 1 is 1.62 bits per heavy atom. The molecule has 0 aliphatic rings. The van der Waals surface area contributed by atoms with E-state index in [-0.39, 0.29) is 18.7 Å². The van der Waals surface area contributed by atoms with Crippen LogP contribution in [0.5, 0.6) is 0 Å². The second kappa shape index (κ2) is 5.26. The lowest BCUT2D eigenvalue weighted by atomic mass is 10.2. The molecule has 16 heavy (non-hydrogen) atoms. The summed E-state index contributed by atoms with van der Waals surface area (Å²) in [5.74, 6) is -1.27. The van der Waals surface area contributed by atoms with E-state index < -0.39 is 18.0 Å². The summed E-state index contributed by atoms with van der Waals surface area (Å²) in [6, 6.07) is 1.46. The van der Waals surface area contributed by atoms with Crippen molar-refractivity contribution >= 4 is 11.9 Å². The molecule has 7 nitrogen and oxygen atoms in total. The van der Waals surface area contributed by atoms with E-state index in [9.17, 15) is 9.59 Å². The first-order valence-corrected chi connectivity index (χ1v) is 4.63. The van der Waals surface area contributed by atoms with Crippen LogP contribution in [0.25, 0.3) is 0 Å². The molecule has 3 N–H and O–H groups in total. The molecule has 88 valence electrons. The number of hydrogen-bond donors (Lipinski definition) is 3. The van der Waals surface area contributed by atoms with Crippen molar-refractivity contribution < 1.29 is 24.3 Å². The van der Waals surface area contributed by atoms with Crippen LogP contribution < -0.4 is 5.32 Å². The highest BCUT2D eigenvalue weighted by molar-refractivity contribution is 5.92. The quantitative estimate of drug-likeness (QED) is 0.629. The largest absolute Gasteiger partial charge is 0.479 e. The lowest BCUT2D eigenvalue weighted by molar-refractivity contribution is -0.146. The monoisotopic (exact) mass is 228 g/mol. The predicted molar refractivity (Wildman–Crippen MR) is 51.8 cm³/mol. The molecule has 1 heterocycles. The van der Waals surface area contributed by atoms with Gasteiger partial charge in [0.2, 0.25) is 0 Å². The SMILES string of the molecule is Cc1cc(C(=O)NCC[C@H](O)C(=O)O)no1. The minimum Gasteiger partial charge on any atom is -0.479 e. The van der Waals surface area contributed by atoms with Gasteiger partial charge in [0.15, 0.2) is 11.8 Å². The van der Waals surface area contributed by atoms with Gasteiger partial charge in [0, 0.05) is 19.0 Å². The molecule has 0 aliphatic heterocycles. The molecular formula is C9H12N2O5. The van der Waals surface area contributed by atoms with Gasteiger partial charge in [-0.2, -0.15) is 0 Å². The number of nitrogens with zero attached hydrogens (tertiary/aromatic N) is 1. The topological polar surface area (TPSA) is 113 Å². The summed E-state index contributed by atoms with van der Waals surface area (Å²) >= 11 is 0. The molecule has 0 aromatic carbocycles. The number of rotatable bonds is 5. The van der Waals surface area contributed by atoms with Crippen LogP contribution in [0.4, 0.5) is 0 Å². The third kappa shape index (κ3) is 3.35. The van der Waals surface area contributed by atoms with Gasteiger partial charge < -0.3 is 20.1 Å². The summed E-state index contributed by atoms with van der Waals surface area (Å²) in [7, 11) is 0. The van der Waals surface area contributed by atoms with E-state index in [1.807, 2.05) is 0 Å². The minimum atomic E-state index is -1.47. The number of carbonyl (C=O) groups is 2. The number of carbonyl (C=O) groups excluding carboxylic acids is 1. The summed E-state index contributed by atoms with van der Waals surface area (Å²) in [5.41, 5.74) is 0.127. The van der Waals surface area contributed by atoms with Gasteiger partial charge >= 0.3 is 5.97 Å². The second-order valence-electron chi connectivity index (χ2n) is 3.22. The summed E-state index contributed by atoms with van der Waals surface area (Å²) in [6.45, 7) is 1.70. The predicted octanol–water partition coefficient (Wildman–Crippen LogP) is -0.452. The van der Waals surface area contributed by atoms with Gasteiger partial charge in [-0.05, 0) is 6.92 Å². The van der Waals surface area contributed by atoms with Crippen LogP contribution in [0.2, 0.25) is 0 Å². The first-order valence-electron chi connectivity index (χ1n) is 4.63. The number of carboxylic acid groups (broad SMARTS) is 1. The second-order valence-corrected chi connectivity index (χ2v) is 3.22. The highest BCUT2D eigenvalue weighted by Gasteiger charge is 2.14. The maximum atomic E-state index is 11.3. The number of aliphatic hydroxyl groups excluding tert-OH is 1. The van der Waals surface area contributed by atoms with Gasteiger partial charge in [0.05, 0.1) is 0 Å². The Morgan fingerprint density at radius 3 is 2.81 bits per heavy atom. The first-order chi connectivity index (χ1) is 7.50. The molecule has 0 saturated heterocycles. The van der Waals surface area contributed by atoms with Crippen molar-refractivity contribution in [3.63, 3.8) is 0 Å². The van der Waals surface area contributed by atoms with Gasteiger partial charge in [0.25, 0.3) is 5.91 Å². The summed E-state index contributed by atoms with van der Waals surface area (Å²) in [5, 5.41) is 23.2. The van der Waals surface area contributed by atoms with Gasteiger partial charge in [0.1, 0.15) is 5.76 Å². The number of aromatic nitrogens is 1. The van der Waals surface area contributed by atoms with Crippen molar-refractivity contribution in [1.82, 2.24) is 10.5 Å². The Balaban J connectivity index is 2.34. The van der Waals surface area contributed by atoms with Crippen molar-refractivity contribution in [3.05, 3.63) is 17.5 Å². The van der Waals surface area contributed by atoms with Crippen molar-refractivity contribution in [2.24, 2.45) is 0 Å². The first kappa shape index (κ1) is 12.2. The Bertz CT molecular complexity index is 387. The number of amides is 1. The molecule has 1 rings (SSSR count). The van der Waals surface area contributed by atoms with Gasteiger partial charge in [-0.15, -0.1) is 0 Å². The van der Waals surface area contributed by atoms with Gasteiger partial charge in [-0.1, -0.05) is 5.16 Å². The van der Waals surface area contributed by atoms with Crippen LogP contribution in [0.15, 0.2) is 10.6 Å². The Hall–Kier alpha value is -1.89. The molecule has 0 bridgehead atoms. The van der Waals surface area contributed by atoms with Gasteiger partial charge in [-0.3, -0.25) is 4.79 Å². The fraction of sp³-hybridized carbons (Fsp3) is 0.444. The average molecular weight is 228 g/mol. The van der Waals surface area contributed by atoms with Crippen molar-refractivity contribution in [3.8, 4) is 0 Å². The number of carboxylic acids is 1. The molecule has 0 aliphatic carbocycles. The van der Waals surface area contributed by atoms with Crippen molar-refractivity contribution in [2.45, 2.75) is 19.4 Å². The zero-order valence-corrected chi connectivity index (χ0v) is 8.64. The van der Waals surface area contributed by atoms with E-state index in [4.69, 9.17) is 14.7 Å². The molecule has 0 unspecified atom stereocenters. The third-order valence-corrected chi connectivity index (χ3v) is 1.85. The molecule has 0 radical (unpaired) electrons. The standard InChI is InChI=1S/C9H12N2O5/c1-5-4-6(11-16-5)8(13)10-3-2-7(12)9(14)15/h4,7,12H,2-3H2,1H3,(H,10,13)(H,14,15)/t7-/m0/s1. The molecule has 1 aromatic heterocycles. The zero-order valence-electron chi connectivity index (χ0n) is 8.64. The average Bonchev–Trinajstić information content (AvgIpc) is 2.64. The molecule has 0 spiro atoms. The minimum absolute atomic E-state index is 0.0538. The van der Waals surface area contributed by atoms with Crippen LogP contribution >= 0.6 is 0 Å². The van der Waals surface area contributed by atoms with Crippen molar-refractivity contribution in [1.29, 1.82) is 0 Å². The van der Waals surface area contributed by atoms with E-state index in [1.165, 1.54) is 6.07 Å². The third-order valence-electron chi connectivity index (χ3n) is 1.85. The number of aliphatic carboxylic acids is 1. The van der Waals surface area contributed by atoms with Crippen LogP contribution in [0, 0.1) is 6.92 Å². The lowest BCUT2D eigenvalue weighted by Gasteiger charge is -2.05. The van der Waals surface area contributed by atoms with Crippen LogP contribution in [-0.4, -0.2) is 39.9 Å². The smallest absolute Gasteiger partial charge is 0.332 e. The lowest BCUT2D eigenvalue weighted by Crippen LogP contribution is -2.30. The number of aryl methyl sites for hydroxylation is 1. The molecule has 1 atom stereocenters. The molecule has 1 amide bonds. The van der Waals surface area contributed by atoms with E-state index in [2.05, 4.69) is 10.5 Å². The maximum Gasteiger partial charge on any atom is 0.332 e. The van der Waals surface area contributed by atoms with E-state index in [1.54, 1.807) is 6.92 Å². The molecular weight excluding hydrogens is 216 g/mol. The number of aliphatic hydroxyl groups is 1. The van der Waals surface area contributed by atoms with Crippen LogP contribution in [-0.2, 0) is 4.79 Å². The zero-order chi connectivity index (χ0) is 12.1. The Kier molecular flexibility index (Phi) is 4.01. The molecule has 0 saturated carbocycles. The normalized spacial score (nSPS) is 12.1. The van der Waals surface area contributed by atoms with Gasteiger partial charge in [-0.25, -0.2) is 4.79 Å². The fourth-order valence-corrected chi connectivity index (χ4v) is 1.01. The molecule has 1 aromatic rings.